The first-order chi connectivity index (χ1) is 18.7. The van der Waals surface area contributed by atoms with Gasteiger partial charge in [0, 0.05) is 16.8 Å². The van der Waals surface area contributed by atoms with Gasteiger partial charge in [0.15, 0.2) is 5.11 Å². The smallest absolute Gasteiger partial charge is 0.406 e. The molecule has 10 heteroatoms. The molecule has 0 fully saturated rings. The maximum Gasteiger partial charge on any atom is 0.573 e. The summed E-state index contributed by atoms with van der Waals surface area (Å²) in [6.07, 6.45) is -1.40. The zero-order valence-electron chi connectivity index (χ0n) is 21.0. The maximum atomic E-state index is 12.5. The zero-order valence-corrected chi connectivity index (χ0v) is 21.8. The van der Waals surface area contributed by atoms with Gasteiger partial charge < -0.3 is 10.1 Å². The fraction of sp³-hybridized carbons (Fsp3) is 0.138. The van der Waals surface area contributed by atoms with Crippen LogP contribution < -0.4 is 15.5 Å². The van der Waals surface area contributed by atoms with Crippen LogP contribution in [-0.2, 0) is 0 Å². The zero-order chi connectivity index (χ0) is 27.6. The highest BCUT2D eigenvalue weighted by molar-refractivity contribution is 7.80. The number of nitrogens with one attached hydrogen (secondary N) is 2. The highest BCUT2D eigenvalue weighted by Gasteiger charge is 2.31. The Kier molecular flexibility index (Phi) is 7.21. The molecule has 0 aliphatic rings. The van der Waals surface area contributed by atoms with E-state index in [0.29, 0.717) is 16.7 Å². The lowest BCUT2D eigenvalue weighted by Crippen LogP contribution is -2.24. The molecule has 1 heterocycles. The first-order valence-electron chi connectivity index (χ1n) is 12.1. The molecule has 0 saturated heterocycles. The third-order valence-corrected chi connectivity index (χ3v) is 6.31. The first kappa shape index (κ1) is 26.2. The van der Waals surface area contributed by atoms with Gasteiger partial charge in [0.05, 0.1) is 17.2 Å². The van der Waals surface area contributed by atoms with E-state index in [0.717, 1.165) is 33.1 Å². The number of ether oxygens (including phenoxy) is 1. The molecule has 0 radical (unpaired) electrons. The molecular formula is C29H24F3N5OS. The van der Waals surface area contributed by atoms with Crippen molar-refractivity contribution in [1.29, 1.82) is 0 Å². The number of anilines is 1. The molecule has 5 aromatic rings. The van der Waals surface area contributed by atoms with Crippen LogP contribution in [0.1, 0.15) is 30.9 Å². The number of nitrogens with zero attached hydrogens (tertiary/aromatic N) is 3. The van der Waals surface area contributed by atoms with Gasteiger partial charge in [-0.3, -0.25) is 9.99 Å². The van der Waals surface area contributed by atoms with Gasteiger partial charge in [-0.2, -0.15) is 5.10 Å². The molecule has 39 heavy (non-hydrogen) atoms. The van der Waals surface area contributed by atoms with Gasteiger partial charge in [-0.1, -0.05) is 50.2 Å². The number of hydrogen-bond donors (Lipinski definition) is 2. The lowest BCUT2D eigenvalue weighted by atomic mass is 10.0. The summed E-state index contributed by atoms with van der Waals surface area (Å²) in [5, 5.41) is 9.78. The van der Waals surface area contributed by atoms with Crippen molar-refractivity contribution >= 4 is 51.0 Å². The van der Waals surface area contributed by atoms with E-state index in [1.54, 1.807) is 24.7 Å². The first-order valence-corrected chi connectivity index (χ1v) is 12.5. The number of benzene rings is 4. The predicted octanol–water partition coefficient (Wildman–Crippen LogP) is 7.52. The SMILES string of the molecule is CC(C)c1ccccc1NC(=S)N/N=C/c1ccc2c(ccc3c2ncn3-c2ccc(OC(F)(F)F)cc2)c1. The Morgan fingerprint density at radius 2 is 1.79 bits per heavy atom. The lowest BCUT2D eigenvalue weighted by Gasteiger charge is -2.14. The fourth-order valence-electron chi connectivity index (χ4n) is 4.35. The number of halogens is 3. The Balaban J connectivity index is 1.31. The summed E-state index contributed by atoms with van der Waals surface area (Å²) in [5.74, 6) is 0.0793. The summed E-state index contributed by atoms with van der Waals surface area (Å²) in [7, 11) is 0. The number of rotatable bonds is 6. The monoisotopic (exact) mass is 547 g/mol. The average Bonchev–Trinajstić information content (AvgIpc) is 3.33. The Bertz CT molecular complexity index is 1680. The quantitative estimate of drug-likeness (QED) is 0.131. The fourth-order valence-corrected chi connectivity index (χ4v) is 4.52. The van der Waals surface area contributed by atoms with Crippen molar-refractivity contribution < 1.29 is 17.9 Å². The molecule has 0 amide bonds. The largest absolute Gasteiger partial charge is 0.573 e. The van der Waals surface area contributed by atoms with E-state index in [-0.39, 0.29) is 5.75 Å². The second-order valence-electron chi connectivity index (χ2n) is 9.14. The maximum absolute atomic E-state index is 12.5. The number of para-hydroxylation sites is 1. The van der Waals surface area contributed by atoms with E-state index in [1.165, 1.54) is 17.7 Å². The molecule has 6 nitrogen and oxygen atoms in total. The second kappa shape index (κ2) is 10.7. The van der Waals surface area contributed by atoms with Crippen molar-refractivity contribution in [1.82, 2.24) is 15.0 Å². The van der Waals surface area contributed by atoms with Crippen molar-refractivity contribution in [2.45, 2.75) is 26.1 Å². The Hall–Kier alpha value is -4.44. The highest BCUT2D eigenvalue weighted by Crippen LogP contribution is 2.29. The number of hydrogen-bond acceptors (Lipinski definition) is 4. The molecule has 198 valence electrons. The number of aromatic nitrogens is 2. The normalized spacial score (nSPS) is 11.9. The summed E-state index contributed by atoms with van der Waals surface area (Å²) in [5.41, 5.74) is 8.12. The van der Waals surface area contributed by atoms with Crippen LogP contribution in [0.4, 0.5) is 18.9 Å². The van der Waals surface area contributed by atoms with Crippen molar-refractivity contribution in [3.05, 3.63) is 96.3 Å². The lowest BCUT2D eigenvalue weighted by molar-refractivity contribution is -0.274. The summed E-state index contributed by atoms with van der Waals surface area (Å²) in [6, 6.07) is 23.5. The minimum Gasteiger partial charge on any atom is -0.406 e. The second-order valence-corrected chi connectivity index (χ2v) is 9.54. The Morgan fingerprint density at radius 1 is 1.03 bits per heavy atom. The van der Waals surface area contributed by atoms with E-state index in [9.17, 15) is 13.2 Å². The minimum absolute atomic E-state index is 0.276. The van der Waals surface area contributed by atoms with Gasteiger partial charge >= 0.3 is 6.36 Å². The molecule has 0 atom stereocenters. The van der Waals surface area contributed by atoms with Gasteiger partial charge in [0.2, 0.25) is 0 Å². The van der Waals surface area contributed by atoms with Gasteiger partial charge in [-0.15, -0.1) is 13.2 Å². The molecule has 4 aromatic carbocycles. The number of imidazole rings is 1. The minimum atomic E-state index is -4.73. The predicted molar refractivity (Wildman–Crippen MR) is 153 cm³/mol. The molecule has 0 aliphatic heterocycles. The standard InChI is InChI=1S/C29H24F3N5OS/c1-18(2)23-5-3-4-6-25(23)35-28(39)36-34-16-19-7-13-24-20(15-19)8-14-26-27(24)33-17-37(26)21-9-11-22(12-10-21)38-29(30,31)32/h3-18H,1-2H3,(H2,35,36,39)/b34-16+. The van der Waals surface area contributed by atoms with Crippen LogP contribution >= 0.6 is 12.2 Å². The molecule has 0 spiro atoms. The van der Waals surface area contributed by atoms with Crippen molar-refractivity contribution in [2.75, 3.05) is 5.32 Å². The molecule has 1 aromatic heterocycles. The third-order valence-electron chi connectivity index (χ3n) is 6.12. The van der Waals surface area contributed by atoms with Crippen LogP contribution in [-0.4, -0.2) is 27.2 Å². The van der Waals surface area contributed by atoms with Crippen molar-refractivity contribution in [3.8, 4) is 11.4 Å². The third kappa shape index (κ3) is 6.01. The highest BCUT2D eigenvalue weighted by atomic mass is 32.1. The van der Waals surface area contributed by atoms with Gasteiger partial charge in [0.1, 0.15) is 12.1 Å². The van der Waals surface area contributed by atoms with E-state index in [2.05, 4.69) is 45.5 Å². The summed E-state index contributed by atoms with van der Waals surface area (Å²) in [6.45, 7) is 4.25. The molecule has 0 saturated carbocycles. The Labute approximate surface area is 228 Å². The molecular weight excluding hydrogens is 523 g/mol. The summed E-state index contributed by atoms with van der Waals surface area (Å²) in [4.78, 5) is 4.56. The Morgan fingerprint density at radius 3 is 2.54 bits per heavy atom. The van der Waals surface area contributed by atoms with E-state index in [1.807, 2.05) is 53.1 Å². The van der Waals surface area contributed by atoms with Crippen molar-refractivity contribution in [3.63, 3.8) is 0 Å². The van der Waals surface area contributed by atoms with E-state index in [4.69, 9.17) is 12.2 Å². The summed E-state index contributed by atoms with van der Waals surface area (Å²) < 4.78 is 43.2. The topological polar surface area (TPSA) is 63.5 Å². The average molecular weight is 548 g/mol. The number of hydrazone groups is 1. The van der Waals surface area contributed by atoms with Crippen LogP contribution in [0.5, 0.6) is 5.75 Å². The molecule has 5 rings (SSSR count). The van der Waals surface area contributed by atoms with E-state index < -0.39 is 6.36 Å². The van der Waals surface area contributed by atoms with Crippen molar-refractivity contribution in [2.24, 2.45) is 5.10 Å². The summed E-state index contributed by atoms with van der Waals surface area (Å²) >= 11 is 5.40. The van der Waals surface area contributed by atoms with Crippen LogP contribution in [0.15, 0.2) is 90.3 Å². The van der Waals surface area contributed by atoms with Gasteiger partial charge in [0.25, 0.3) is 0 Å². The van der Waals surface area contributed by atoms with Crippen LogP contribution in [0.2, 0.25) is 0 Å². The van der Waals surface area contributed by atoms with Crippen LogP contribution in [0.25, 0.3) is 27.5 Å². The van der Waals surface area contributed by atoms with Crippen LogP contribution in [0.3, 0.4) is 0 Å². The molecule has 0 aliphatic carbocycles. The van der Waals surface area contributed by atoms with Gasteiger partial charge in [-0.05, 0) is 77.1 Å². The van der Waals surface area contributed by atoms with Gasteiger partial charge in [-0.25, -0.2) is 4.98 Å². The number of alkyl halides is 3. The molecule has 0 bridgehead atoms. The molecule has 0 unspecified atom stereocenters. The molecule has 2 N–H and O–H groups in total. The number of thiocarbonyl (C=S) groups is 1. The van der Waals surface area contributed by atoms with E-state index >= 15 is 0 Å². The number of fused-ring (bicyclic) bond motifs is 3. The van der Waals surface area contributed by atoms with Crippen LogP contribution in [0, 0.1) is 0 Å².